The SMILES string of the molecule is CC(=O)c1c(O)c(OCCCc2ccccc2)c2ocnc2c1C. The summed E-state index contributed by atoms with van der Waals surface area (Å²) in [5, 5.41) is 10.4. The van der Waals surface area contributed by atoms with E-state index in [9.17, 15) is 9.90 Å². The van der Waals surface area contributed by atoms with Gasteiger partial charge in [-0.3, -0.25) is 4.79 Å². The lowest BCUT2D eigenvalue weighted by molar-refractivity contribution is 0.101. The molecule has 0 aliphatic carbocycles. The van der Waals surface area contributed by atoms with Crippen molar-refractivity contribution >= 4 is 16.9 Å². The number of benzene rings is 2. The molecule has 3 aromatic rings. The summed E-state index contributed by atoms with van der Waals surface area (Å²) in [5.74, 6) is -0.223. The number of ketones is 1. The molecule has 1 aromatic heterocycles. The fourth-order valence-corrected chi connectivity index (χ4v) is 2.85. The van der Waals surface area contributed by atoms with Crippen molar-refractivity contribution in [3.63, 3.8) is 0 Å². The van der Waals surface area contributed by atoms with E-state index < -0.39 is 0 Å². The summed E-state index contributed by atoms with van der Waals surface area (Å²) in [5.41, 5.74) is 2.96. The molecule has 0 spiro atoms. The lowest BCUT2D eigenvalue weighted by Gasteiger charge is -2.13. The average molecular weight is 325 g/mol. The number of ether oxygens (including phenoxy) is 1. The van der Waals surface area contributed by atoms with E-state index in [4.69, 9.17) is 9.15 Å². The zero-order valence-electron chi connectivity index (χ0n) is 13.7. The van der Waals surface area contributed by atoms with Gasteiger partial charge in [-0.25, -0.2) is 4.98 Å². The number of oxazole rings is 1. The van der Waals surface area contributed by atoms with Crippen molar-refractivity contribution in [3.8, 4) is 11.5 Å². The fraction of sp³-hybridized carbons (Fsp3) is 0.263. The Morgan fingerprint density at radius 3 is 2.75 bits per heavy atom. The molecular weight excluding hydrogens is 306 g/mol. The standard InChI is InChI=1S/C19H19NO4/c1-12-15(13(2)21)17(22)19(18-16(12)20-11-24-18)23-10-6-9-14-7-4-3-5-8-14/h3-5,7-8,11,22H,6,9-10H2,1-2H3. The lowest BCUT2D eigenvalue weighted by atomic mass is 10.0. The summed E-state index contributed by atoms with van der Waals surface area (Å²) in [6.07, 6.45) is 2.94. The highest BCUT2D eigenvalue weighted by molar-refractivity contribution is 6.04. The number of rotatable bonds is 6. The number of carbonyl (C=O) groups excluding carboxylic acids is 1. The van der Waals surface area contributed by atoms with E-state index in [-0.39, 0.29) is 22.8 Å². The van der Waals surface area contributed by atoms with E-state index in [0.29, 0.717) is 23.3 Å². The van der Waals surface area contributed by atoms with Crippen LogP contribution in [0.3, 0.4) is 0 Å². The van der Waals surface area contributed by atoms with Gasteiger partial charge in [0.05, 0.1) is 12.2 Å². The number of aromatic hydroxyl groups is 1. The van der Waals surface area contributed by atoms with Gasteiger partial charge in [0.1, 0.15) is 5.52 Å². The summed E-state index contributed by atoms with van der Waals surface area (Å²) in [7, 11) is 0. The van der Waals surface area contributed by atoms with Crippen molar-refractivity contribution in [3.05, 3.63) is 53.4 Å². The molecule has 1 heterocycles. The molecule has 0 amide bonds. The van der Waals surface area contributed by atoms with Crippen LogP contribution in [-0.4, -0.2) is 22.5 Å². The molecule has 0 bridgehead atoms. The van der Waals surface area contributed by atoms with E-state index in [1.165, 1.54) is 18.9 Å². The lowest BCUT2D eigenvalue weighted by Crippen LogP contribution is -2.04. The third-order valence-electron chi connectivity index (χ3n) is 4.01. The molecule has 5 nitrogen and oxygen atoms in total. The number of hydrogen-bond acceptors (Lipinski definition) is 5. The summed E-state index contributed by atoms with van der Waals surface area (Å²) < 4.78 is 11.1. The number of phenolic OH excluding ortho intramolecular Hbond substituents is 1. The summed E-state index contributed by atoms with van der Waals surface area (Å²) in [4.78, 5) is 16.0. The third kappa shape index (κ3) is 2.97. The molecule has 3 rings (SSSR count). The van der Waals surface area contributed by atoms with Crippen LogP contribution >= 0.6 is 0 Å². The molecule has 0 saturated heterocycles. The summed E-state index contributed by atoms with van der Waals surface area (Å²) in [6, 6.07) is 10.1. The number of aromatic nitrogens is 1. The van der Waals surface area contributed by atoms with Gasteiger partial charge < -0.3 is 14.3 Å². The van der Waals surface area contributed by atoms with Gasteiger partial charge in [-0.15, -0.1) is 0 Å². The molecule has 5 heteroatoms. The highest BCUT2D eigenvalue weighted by atomic mass is 16.5. The van der Waals surface area contributed by atoms with E-state index in [0.717, 1.165) is 12.8 Å². The predicted octanol–water partition coefficient (Wildman–Crippen LogP) is 4.06. The van der Waals surface area contributed by atoms with Gasteiger partial charge >= 0.3 is 0 Å². The van der Waals surface area contributed by atoms with Crippen LogP contribution in [0, 0.1) is 6.92 Å². The molecule has 0 fully saturated rings. The Labute approximate surface area is 139 Å². The quantitative estimate of drug-likeness (QED) is 0.546. The van der Waals surface area contributed by atoms with Crippen LogP contribution in [-0.2, 0) is 6.42 Å². The second-order valence-corrected chi connectivity index (χ2v) is 5.70. The van der Waals surface area contributed by atoms with Crippen molar-refractivity contribution < 1.29 is 19.1 Å². The number of aryl methyl sites for hydroxylation is 2. The van der Waals surface area contributed by atoms with Crippen molar-refractivity contribution in [1.29, 1.82) is 0 Å². The first-order chi connectivity index (χ1) is 11.6. The van der Waals surface area contributed by atoms with E-state index in [1.54, 1.807) is 6.92 Å². The van der Waals surface area contributed by atoms with E-state index in [1.807, 2.05) is 18.2 Å². The molecule has 0 unspecified atom stereocenters. The maximum atomic E-state index is 11.8. The molecule has 2 aromatic carbocycles. The second kappa shape index (κ2) is 6.74. The van der Waals surface area contributed by atoms with Gasteiger partial charge in [-0.1, -0.05) is 30.3 Å². The Morgan fingerprint density at radius 2 is 2.04 bits per heavy atom. The fourth-order valence-electron chi connectivity index (χ4n) is 2.85. The topological polar surface area (TPSA) is 72.6 Å². The minimum absolute atomic E-state index is 0.177. The van der Waals surface area contributed by atoms with Gasteiger partial charge in [0.25, 0.3) is 0 Å². The van der Waals surface area contributed by atoms with Gasteiger partial charge in [0.2, 0.25) is 11.3 Å². The van der Waals surface area contributed by atoms with E-state index in [2.05, 4.69) is 17.1 Å². The first-order valence-electron chi connectivity index (χ1n) is 7.86. The third-order valence-corrected chi connectivity index (χ3v) is 4.01. The van der Waals surface area contributed by atoms with Gasteiger partial charge in [-0.05, 0) is 37.8 Å². The maximum Gasteiger partial charge on any atom is 0.207 e. The smallest absolute Gasteiger partial charge is 0.207 e. The Bertz CT molecular complexity index is 868. The first kappa shape index (κ1) is 16.1. The second-order valence-electron chi connectivity index (χ2n) is 5.70. The number of nitrogens with zero attached hydrogens (tertiary/aromatic N) is 1. The van der Waals surface area contributed by atoms with Crippen molar-refractivity contribution in [1.82, 2.24) is 4.98 Å². The number of hydrogen-bond donors (Lipinski definition) is 1. The van der Waals surface area contributed by atoms with Crippen LogP contribution in [0.5, 0.6) is 11.5 Å². The monoisotopic (exact) mass is 325 g/mol. The van der Waals surface area contributed by atoms with Crippen LogP contribution in [0.25, 0.3) is 11.1 Å². The number of carbonyl (C=O) groups is 1. The zero-order chi connectivity index (χ0) is 17.1. The Kier molecular flexibility index (Phi) is 4.51. The minimum Gasteiger partial charge on any atom is -0.504 e. The number of fused-ring (bicyclic) bond motifs is 1. The van der Waals surface area contributed by atoms with Gasteiger partial charge in [0.15, 0.2) is 17.9 Å². The zero-order valence-corrected chi connectivity index (χ0v) is 13.7. The molecule has 0 atom stereocenters. The van der Waals surface area contributed by atoms with Crippen molar-refractivity contribution in [2.24, 2.45) is 0 Å². The molecular formula is C19H19NO4. The van der Waals surface area contributed by atoms with Gasteiger partial charge in [-0.2, -0.15) is 0 Å². The Balaban J connectivity index is 1.81. The van der Waals surface area contributed by atoms with Crippen LogP contribution in [0.2, 0.25) is 0 Å². The number of phenols is 1. The van der Waals surface area contributed by atoms with E-state index >= 15 is 0 Å². The average Bonchev–Trinajstić information content (AvgIpc) is 3.04. The van der Waals surface area contributed by atoms with Crippen molar-refractivity contribution in [2.45, 2.75) is 26.7 Å². The molecule has 0 aliphatic heterocycles. The first-order valence-corrected chi connectivity index (χ1v) is 7.86. The molecule has 0 aliphatic rings. The van der Waals surface area contributed by atoms with Gasteiger partial charge in [0, 0.05) is 0 Å². The van der Waals surface area contributed by atoms with Crippen molar-refractivity contribution in [2.75, 3.05) is 6.61 Å². The van der Waals surface area contributed by atoms with Crippen LogP contribution in [0.15, 0.2) is 41.1 Å². The summed E-state index contributed by atoms with van der Waals surface area (Å²) >= 11 is 0. The predicted molar refractivity (Wildman–Crippen MR) is 90.7 cm³/mol. The number of Topliss-reactive ketones (excluding diaryl/α,β-unsaturated/α-hetero) is 1. The largest absolute Gasteiger partial charge is 0.504 e. The molecule has 0 radical (unpaired) electrons. The Hall–Kier alpha value is -2.82. The maximum absolute atomic E-state index is 11.8. The summed E-state index contributed by atoms with van der Waals surface area (Å²) in [6.45, 7) is 3.55. The Morgan fingerprint density at radius 1 is 1.29 bits per heavy atom. The minimum atomic E-state index is -0.232. The molecule has 124 valence electrons. The van der Waals surface area contributed by atoms with Crippen LogP contribution < -0.4 is 4.74 Å². The van der Waals surface area contributed by atoms with Crippen LogP contribution in [0.1, 0.15) is 34.8 Å². The normalized spacial score (nSPS) is 10.9. The molecule has 24 heavy (non-hydrogen) atoms. The van der Waals surface area contributed by atoms with Crippen LogP contribution in [0.4, 0.5) is 0 Å². The molecule has 0 saturated carbocycles. The highest BCUT2D eigenvalue weighted by Gasteiger charge is 2.23. The molecule has 1 N–H and O–H groups in total. The highest BCUT2D eigenvalue weighted by Crippen LogP contribution is 2.40.